The highest BCUT2D eigenvalue weighted by Gasteiger charge is 2.21. The SMILES string of the molecule is CCOc1cccc2c1OCC(C(=O)Nc1nc(C(C)=O)cs1)=C2. The summed E-state index contributed by atoms with van der Waals surface area (Å²) in [6, 6.07) is 5.55. The number of para-hydroxylation sites is 1. The highest BCUT2D eigenvalue weighted by Crippen LogP contribution is 2.36. The number of anilines is 1. The second kappa shape index (κ2) is 6.84. The fourth-order valence-corrected chi connectivity index (χ4v) is 3.00. The molecule has 2 aromatic rings. The van der Waals surface area contributed by atoms with Gasteiger partial charge in [-0.1, -0.05) is 12.1 Å². The molecule has 6 nitrogen and oxygen atoms in total. The minimum absolute atomic E-state index is 0.135. The lowest BCUT2D eigenvalue weighted by molar-refractivity contribution is -0.113. The van der Waals surface area contributed by atoms with Crippen molar-refractivity contribution in [2.24, 2.45) is 0 Å². The van der Waals surface area contributed by atoms with Crippen LogP contribution in [0.25, 0.3) is 6.08 Å². The van der Waals surface area contributed by atoms with Crippen LogP contribution in [-0.4, -0.2) is 29.9 Å². The summed E-state index contributed by atoms with van der Waals surface area (Å²) in [6.07, 6.45) is 1.77. The van der Waals surface area contributed by atoms with Gasteiger partial charge in [-0.3, -0.25) is 14.9 Å². The number of nitrogens with zero attached hydrogens (tertiary/aromatic N) is 1. The number of ether oxygens (including phenoxy) is 2. The lowest BCUT2D eigenvalue weighted by Gasteiger charge is -2.19. The lowest BCUT2D eigenvalue weighted by atomic mass is 10.1. The number of fused-ring (bicyclic) bond motifs is 1. The van der Waals surface area contributed by atoms with Crippen LogP contribution in [-0.2, 0) is 4.79 Å². The average molecular weight is 344 g/mol. The quantitative estimate of drug-likeness (QED) is 0.843. The van der Waals surface area contributed by atoms with Gasteiger partial charge in [0.25, 0.3) is 5.91 Å². The summed E-state index contributed by atoms with van der Waals surface area (Å²) in [5.41, 5.74) is 1.62. The number of Topliss-reactive ketones (excluding diaryl/α,β-unsaturated/α-hetero) is 1. The fourth-order valence-electron chi connectivity index (χ4n) is 2.25. The molecular formula is C17H16N2O4S. The number of aromatic nitrogens is 1. The Balaban J connectivity index is 1.78. The molecule has 124 valence electrons. The molecule has 0 radical (unpaired) electrons. The van der Waals surface area contributed by atoms with Crippen LogP contribution in [0.2, 0.25) is 0 Å². The zero-order valence-corrected chi connectivity index (χ0v) is 14.1. The second-order valence-electron chi connectivity index (χ2n) is 5.11. The molecule has 1 amide bonds. The molecule has 0 fully saturated rings. The standard InChI is InChI=1S/C17H16N2O4S/c1-3-22-14-6-4-5-11-7-12(8-23-15(11)14)16(21)19-17-18-13(9-24-17)10(2)20/h4-7,9H,3,8H2,1-2H3,(H,18,19,21). The zero-order valence-electron chi connectivity index (χ0n) is 13.3. The van der Waals surface area contributed by atoms with Crippen molar-refractivity contribution in [3.63, 3.8) is 0 Å². The molecule has 0 saturated carbocycles. The molecule has 0 saturated heterocycles. The summed E-state index contributed by atoms with van der Waals surface area (Å²) >= 11 is 1.21. The third-order valence-electron chi connectivity index (χ3n) is 3.39. The summed E-state index contributed by atoms with van der Waals surface area (Å²) < 4.78 is 11.2. The predicted octanol–water partition coefficient (Wildman–Crippen LogP) is 3.16. The number of amides is 1. The molecule has 0 spiro atoms. The van der Waals surface area contributed by atoms with Gasteiger partial charge in [-0.15, -0.1) is 11.3 Å². The largest absolute Gasteiger partial charge is 0.490 e. The minimum Gasteiger partial charge on any atom is -0.490 e. The smallest absolute Gasteiger partial charge is 0.256 e. The van der Waals surface area contributed by atoms with Crippen LogP contribution in [0.1, 0.15) is 29.9 Å². The molecule has 1 aliphatic rings. The van der Waals surface area contributed by atoms with Gasteiger partial charge in [0.2, 0.25) is 0 Å². The van der Waals surface area contributed by atoms with E-state index in [1.807, 2.05) is 25.1 Å². The molecule has 7 heteroatoms. The van der Waals surface area contributed by atoms with Crippen molar-refractivity contribution in [3.05, 3.63) is 40.4 Å². The third kappa shape index (κ3) is 3.30. The highest BCUT2D eigenvalue weighted by molar-refractivity contribution is 7.14. The van der Waals surface area contributed by atoms with Crippen LogP contribution in [0.4, 0.5) is 5.13 Å². The Morgan fingerprint density at radius 3 is 2.96 bits per heavy atom. The van der Waals surface area contributed by atoms with Crippen LogP contribution >= 0.6 is 11.3 Å². The molecule has 1 aromatic heterocycles. The number of thiazole rings is 1. The maximum absolute atomic E-state index is 12.4. The summed E-state index contributed by atoms with van der Waals surface area (Å²) in [4.78, 5) is 27.7. The Kier molecular flexibility index (Phi) is 4.61. The fraction of sp³-hybridized carbons (Fsp3) is 0.235. The number of hydrogen-bond acceptors (Lipinski definition) is 6. The van der Waals surface area contributed by atoms with Gasteiger partial charge >= 0.3 is 0 Å². The molecule has 3 rings (SSSR count). The highest BCUT2D eigenvalue weighted by atomic mass is 32.1. The first kappa shape index (κ1) is 16.2. The number of ketones is 1. The number of hydrogen-bond donors (Lipinski definition) is 1. The van der Waals surface area contributed by atoms with Gasteiger partial charge in [0.1, 0.15) is 12.3 Å². The lowest BCUT2D eigenvalue weighted by Crippen LogP contribution is -2.21. The Morgan fingerprint density at radius 2 is 2.25 bits per heavy atom. The van der Waals surface area contributed by atoms with Crippen molar-refractivity contribution >= 4 is 34.2 Å². The molecule has 0 aliphatic carbocycles. The van der Waals surface area contributed by atoms with Crippen molar-refractivity contribution in [3.8, 4) is 11.5 Å². The maximum Gasteiger partial charge on any atom is 0.256 e. The second-order valence-corrected chi connectivity index (χ2v) is 5.97. The van der Waals surface area contributed by atoms with Crippen molar-refractivity contribution in [1.82, 2.24) is 4.98 Å². The molecule has 1 aromatic carbocycles. The van der Waals surface area contributed by atoms with Crippen molar-refractivity contribution < 1.29 is 19.1 Å². The van der Waals surface area contributed by atoms with E-state index in [9.17, 15) is 9.59 Å². The molecule has 1 N–H and O–H groups in total. The summed E-state index contributed by atoms with van der Waals surface area (Å²) in [6.45, 7) is 4.03. The van der Waals surface area contributed by atoms with Gasteiger partial charge in [0.15, 0.2) is 22.4 Å². The van der Waals surface area contributed by atoms with Crippen molar-refractivity contribution in [2.75, 3.05) is 18.5 Å². The molecule has 1 aliphatic heterocycles. The number of carbonyl (C=O) groups excluding carboxylic acids is 2. The van der Waals surface area contributed by atoms with Gasteiger partial charge in [0, 0.05) is 17.9 Å². The monoisotopic (exact) mass is 344 g/mol. The van der Waals surface area contributed by atoms with E-state index in [-0.39, 0.29) is 18.3 Å². The Morgan fingerprint density at radius 1 is 1.42 bits per heavy atom. The molecule has 2 heterocycles. The van der Waals surface area contributed by atoms with E-state index in [4.69, 9.17) is 9.47 Å². The van der Waals surface area contributed by atoms with E-state index in [0.717, 1.165) is 5.56 Å². The Bertz CT molecular complexity index is 826. The number of benzene rings is 1. The van der Waals surface area contributed by atoms with Crippen LogP contribution in [0.3, 0.4) is 0 Å². The molecular weight excluding hydrogens is 328 g/mol. The Labute approximate surface area is 143 Å². The van der Waals surface area contributed by atoms with Gasteiger partial charge < -0.3 is 9.47 Å². The summed E-state index contributed by atoms with van der Waals surface area (Å²) in [5, 5.41) is 4.70. The van der Waals surface area contributed by atoms with Gasteiger partial charge in [-0.05, 0) is 19.1 Å². The van der Waals surface area contributed by atoms with Gasteiger partial charge in [-0.25, -0.2) is 4.98 Å². The van der Waals surface area contributed by atoms with Crippen molar-refractivity contribution in [1.29, 1.82) is 0 Å². The van der Waals surface area contributed by atoms with E-state index in [2.05, 4.69) is 10.3 Å². The third-order valence-corrected chi connectivity index (χ3v) is 4.15. The molecule has 0 bridgehead atoms. The van der Waals surface area contributed by atoms with Gasteiger partial charge in [0.05, 0.1) is 12.2 Å². The number of nitrogens with one attached hydrogen (secondary N) is 1. The topological polar surface area (TPSA) is 77.5 Å². The predicted molar refractivity (Wildman–Crippen MR) is 91.8 cm³/mol. The normalized spacial score (nSPS) is 12.7. The van der Waals surface area contributed by atoms with Gasteiger partial charge in [-0.2, -0.15) is 0 Å². The summed E-state index contributed by atoms with van der Waals surface area (Å²) in [7, 11) is 0. The van der Waals surface area contributed by atoms with Crippen molar-refractivity contribution in [2.45, 2.75) is 13.8 Å². The maximum atomic E-state index is 12.4. The summed E-state index contributed by atoms with van der Waals surface area (Å²) in [5.74, 6) is 0.872. The van der Waals surface area contributed by atoms with E-state index in [0.29, 0.717) is 34.5 Å². The van der Waals surface area contributed by atoms with E-state index < -0.39 is 0 Å². The first-order valence-electron chi connectivity index (χ1n) is 7.45. The average Bonchev–Trinajstić information content (AvgIpc) is 3.03. The van der Waals surface area contributed by atoms with Crippen LogP contribution < -0.4 is 14.8 Å². The van der Waals surface area contributed by atoms with E-state index in [1.165, 1.54) is 18.3 Å². The van der Waals surface area contributed by atoms with E-state index >= 15 is 0 Å². The van der Waals surface area contributed by atoms with Crippen LogP contribution in [0.5, 0.6) is 11.5 Å². The Hall–Kier alpha value is -2.67. The minimum atomic E-state index is -0.299. The number of rotatable bonds is 5. The first-order chi connectivity index (χ1) is 11.6. The molecule has 0 unspecified atom stereocenters. The molecule has 0 atom stereocenters. The zero-order chi connectivity index (χ0) is 17.1. The first-order valence-corrected chi connectivity index (χ1v) is 8.33. The van der Waals surface area contributed by atoms with Crippen LogP contribution in [0.15, 0.2) is 29.2 Å². The number of carbonyl (C=O) groups is 2. The van der Waals surface area contributed by atoms with Crippen LogP contribution in [0, 0.1) is 0 Å². The molecule has 24 heavy (non-hydrogen) atoms. The van der Waals surface area contributed by atoms with E-state index in [1.54, 1.807) is 11.5 Å².